The molecule has 2 aliphatic rings. The Morgan fingerprint density at radius 1 is 0.514 bits per heavy atom. The maximum atomic E-state index is 7.40. The molecule has 2 aliphatic carbocycles. The van der Waals surface area contributed by atoms with E-state index in [4.69, 9.17) is 23.2 Å². The first-order chi connectivity index (χ1) is 16.6. The Bertz CT molecular complexity index is 1350. The van der Waals surface area contributed by atoms with Crippen molar-refractivity contribution in [3.05, 3.63) is 117 Å². The van der Waals surface area contributed by atoms with Crippen LogP contribution in [0.25, 0.3) is 22.3 Å². The molecule has 4 aromatic rings. The highest BCUT2D eigenvalue weighted by molar-refractivity contribution is 6.36. The summed E-state index contributed by atoms with van der Waals surface area (Å²) in [7, 11) is 0. The second-order valence-electron chi connectivity index (χ2n) is 11.5. The zero-order valence-electron chi connectivity index (χ0n) is 20.9. The van der Waals surface area contributed by atoms with E-state index in [1.807, 2.05) is 12.1 Å². The predicted molar refractivity (Wildman–Crippen MR) is 150 cm³/mol. The third-order valence-electron chi connectivity index (χ3n) is 8.90. The predicted octanol–water partition coefficient (Wildman–Crippen LogP) is 9.83. The van der Waals surface area contributed by atoms with Crippen molar-refractivity contribution in [1.29, 1.82) is 0 Å². The quantitative estimate of drug-likeness (QED) is 0.259. The molecular weight excluding hydrogens is 467 g/mol. The summed E-state index contributed by atoms with van der Waals surface area (Å²) in [6.07, 6.45) is 0. The number of rotatable bonds is 2. The van der Waals surface area contributed by atoms with Crippen LogP contribution in [-0.4, -0.2) is 0 Å². The highest BCUT2D eigenvalue weighted by Gasteiger charge is 2.66. The van der Waals surface area contributed by atoms with Crippen molar-refractivity contribution < 1.29 is 0 Å². The van der Waals surface area contributed by atoms with Crippen LogP contribution >= 0.6 is 23.2 Å². The SMILES string of the molecule is CC1(C)c2ccc(-c3ccccc3)c(Cl)c2C2(C)c3c(ccc(-c4ccccc4)c3Cl)C(C)(C)C12. The monoisotopic (exact) mass is 496 g/mol. The third kappa shape index (κ3) is 2.87. The van der Waals surface area contributed by atoms with Crippen LogP contribution in [0.2, 0.25) is 10.0 Å². The Hall–Kier alpha value is -2.54. The molecule has 0 spiro atoms. The summed E-state index contributed by atoms with van der Waals surface area (Å²) in [6, 6.07) is 30.0. The van der Waals surface area contributed by atoms with Crippen molar-refractivity contribution in [3.8, 4) is 22.3 Å². The maximum absolute atomic E-state index is 7.40. The molecule has 0 bridgehead atoms. The van der Waals surface area contributed by atoms with Crippen LogP contribution in [0.15, 0.2) is 84.9 Å². The van der Waals surface area contributed by atoms with E-state index in [2.05, 4.69) is 107 Å². The van der Waals surface area contributed by atoms with Gasteiger partial charge in [0.2, 0.25) is 0 Å². The Morgan fingerprint density at radius 2 is 0.886 bits per heavy atom. The van der Waals surface area contributed by atoms with Crippen LogP contribution in [0.5, 0.6) is 0 Å². The van der Waals surface area contributed by atoms with Crippen LogP contribution in [0.3, 0.4) is 0 Å². The first-order valence-electron chi connectivity index (χ1n) is 12.4. The van der Waals surface area contributed by atoms with Crippen LogP contribution in [0.4, 0.5) is 0 Å². The van der Waals surface area contributed by atoms with Crippen LogP contribution < -0.4 is 0 Å². The van der Waals surface area contributed by atoms with Gasteiger partial charge in [0, 0.05) is 16.5 Å². The van der Waals surface area contributed by atoms with Gasteiger partial charge in [-0.05, 0) is 50.1 Å². The molecule has 0 heterocycles. The van der Waals surface area contributed by atoms with Crippen molar-refractivity contribution in [2.45, 2.75) is 50.9 Å². The van der Waals surface area contributed by atoms with Gasteiger partial charge in [0.05, 0.1) is 10.0 Å². The maximum Gasteiger partial charge on any atom is 0.0528 e. The summed E-state index contributed by atoms with van der Waals surface area (Å²) in [5.74, 6) is 0.319. The van der Waals surface area contributed by atoms with Crippen molar-refractivity contribution in [1.82, 2.24) is 0 Å². The number of benzene rings is 4. The first kappa shape index (κ1) is 22.9. The number of halogens is 2. The molecule has 0 aliphatic heterocycles. The average molecular weight is 498 g/mol. The smallest absolute Gasteiger partial charge is 0.0528 e. The minimum absolute atomic E-state index is 0.0678. The lowest BCUT2D eigenvalue weighted by Crippen LogP contribution is -2.42. The molecule has 2 heteroatoms. The van der Waals surface area contributed by atoms with E-state index < -0.39 is 0 Å². The molecule has 4 aromatic carbocycles. The summed E-state index contributed by atoms with van der Waals surface area (Å²) in [5, 5.41) is 1.72. The summed E-state index contributed by atoms with van der Waals surface area (Å²) < 4.78 is 0. The fraction of sp³-hybridized carbons (Fsp3) is 0.273. The Balaban J connectivity index is 1.70. The summed E-state index contributed by atoms with van der Waals surface area (Å²) in [4.78, 5) is 0. The summed E-state index contributed by atoms with van der Waals surface area (Å²) in [5.41, 5.74) is 9.20. The molecule has 0 fully saturated rings. The molecule has 176 valence electrons. The molecule has 6 rings (SSSR count). The van der Waals surface area contributed by atoms with Gasteiger partial charge >= 0.3 is 0 Å². The molecule has 0 unspecified atom stereocenters. The summed E-state index contributed by atoms with van der Waals surface area (Å²) in [6.45, 7) is 11.9. The molecule has 0 saturated heterocycles. The number of hydrogen-bond acceptors (Lipinski definition) is 0. The second-order valence-corrected chi connectivity index (χ2v) is 12.3. The lowest BCUT2D eigenvalue weighted by atomic mass is 9.61. The normalized spacial score (nSPS) is 23.0. The fourth-order valence-electron chi connectivity index (χ4n) is 7.99. The lowest BCUT2D eigenvalue weighted by Gasteiger charge is -2.41. The van der Waals surface area contributed by atoms with Crippen molar-refractivity contribution in [2.24, 2.45) is 5.92 Å². The van der Waals surface area contributed by atoms with E-state index in [1.54, 1.807) is 0 Å². The van der Waals surface area contributed by atoms with Crippen LogP contribution in [0, 0.1) is 5.92 Å². The second kappa shape index (κ2) is 7.48. The van der Waals surface area contributed by atoms with E-state index in [0.29, 0.717) is 5.92 Å². The molecule has 0 amide bonds. The Morgan fingerprint density at radius 3 is 1.26 bits per heavy atom. The molecule has 0 radical (unpaired) electrons. The highest BCUT2D eigenvalue weighted by Crippen LogP contribution is 2.71. The van der Waals surface area contributed by atoms with Gasteiger partial charge < -0.3 is 0 Å². The van der Waals surface area contributed by atoms with E-state index >= 15 is 0 Å². The van der Waals surface area contributed by atoms with Gasteiger partial charge in [0.25, 0.3) is 0 Å². The molecule has 0 N–H and O–H groups in total. The molecule has 0 atom stereocenters. The third-order valence-corrected chi connectivity index (χ3v) is 9.69. The summed E-state index contributed by atoms with van der Waals surface area (Å²) >= 11 is 14.8. The molecule has 0 aromatic heterocycles. The van der Waals surface area contributed by atoms with Gasteiger partial charge in [-0.25, -0.2) is 0 Å². The van der Waals surface area contributed by atoms with E-state index in [1.165, 1.54) is 22.3 Å². The Labute approximate surface area is 218 Å². The van der Waals surface area contributed by atoms with E-state index in [9.17, 15) is 0 Å². The van der Waals surface area contributed by atoms with E-state index in [-0.39, 0.29) is 16.2 Å². The van der Waals surface area contributed by atoms with Gasteiger partial charge in [-0.3, -0.25) is 0 Å². The zero-order chi connectivity index (χ0) is 24.8. The standard InChI is InChI=1S/C33H30Cl2/c1-31(2)24-18-16-22(20-12-8-6-9-13-20)28(34)26(24)33(5)27-25(32(3,4)30(31)33)19-17-23(29(27)35)21-14-10-7-11-15-21/h6-19,30H,1-5H3. The van der Waals surface area contributed by atoms with Gasteiger partial charge in [-0.15, -0.1) is 0 Å². The largest absolute Gasteiger partial charge is 0.0833 e. The average Bonchev–Trinajstić information content (AvgIpc) is 3.15. The van der Waals surface area contributed by atoms with Crippen molar-refractivity contribution >= 4 is 23.2 Å². The topological polar surface area (TPSA) is 0 Å². The molecule has 35 heavy (non-hydrogen) atoms. The lowest BCUT2D eigenvalue weighted by molar-refractivity contribution is 0.182. The zero-order valence-corrected chi connectivity index (χ0v) is 22.4. The molecule has 0 saturated carbocycles. The number of fused-ring (bicyclic) bond motifs is 5. The number of hydrogen-bond donors (Lipinski definition) is 0. The first-order valence-corrected chi connectivity index (χ1v) is 13.1. The van der Waals surface area contributed by atoms with Crippen molar-refractivity contribution in [2.75, 3.05) is 0 Å². The molecule has 0 nitrogen and oxygen atoms in total. The van der Waals surface area contributed by atoms with Crippen LogP contribution in [0.1, 0.15) is 56.9 Å². The molecular formula is C33H30Cl2. The van der Waals surface area contributed by atoms with Gasteiger partial charge in [-0.1, -0.05) is 143 Å². The van der Waals surface area contributed by atoms with Gasteiger partial charge in [0.1, 0.15) is 0 Å². The Kier molecular flexibility index (Phi) is 4.89. The van der Waals surface area contributed by atoms with Crippen molar-refractivity contribution in [3.63, 3.8) is 0 Å². The van der Waals surface area contributed by atoms with Crippen LogP contribution in [-0.2, 0) is 16.2 Å². The van der Waals surface area contributed by atoms with Gasteiger partial charge in [0.15, 0.2) is 0 Å². The minimum Gasteiger partial charge on any atom is -0.0833 e. The minimum atomic E-state index is -0.304. The van der Waals surface area contributed by atoms with Gasteiger partial charge in [-0.2, -0.15) is 0 Å². The highest BCUT2D eigenvalue weighted by atomic mass is 35.5. The fourth-order valence-corrected chi connectivity index (χ4v) is 8.93. The van der Waals surface area contributed by atoms with E-state index in [0.717, 1.165) is 32.3 Å².